The summed E-state index contributed by atoms with van der Waals surface area (Å²) in [4.78, 5) is 18.4. The molecule has 1 aromatic heterocycles. The summed E-state index contributed by atoms with van der Waals surface area (Å²) in [6.07, 6.45) is 1.10. The number of hydrogen-bond donors (Lipinski definition) is 1. The molecule has 0 aliphatic carbocycles. The number of hydrogen-bond acceptors (Lipinski definition) is 5. The molecule has 0 radical (unpaired) electrons. The normalized spacial score (nSPS) is 23.1. The van der Waals surface area contributed by atoms with Crippen molar-refractivity contribution in [1.29, 1.82) is 0 Å². The number of carboxylic acid groups (broad SMARTS) is 1. The van der Waals surface area contributed by atoms with Crippen LogP contribution in [0.3, 0.4) is 0 Å². The number of carbonyl (C=O) groups is 1. The van der Waals surface area contributed by atoms with Crippen LogP contribution in [0.5, 0.6) is 0 Å². The third kappa shape index (κ3) is 2.81. The van der Waals surface area contributed by atoms with Crippen LogP contribution in [-0.4, -0.2) is 41.9 Å². The first-order chi connectivity index (χ1) is 9.21. The number of thiazole rings is 1. The van der Waals surface area contributed by atoms with Crippen molar-refractivity contribution in [2.24, 2.45) is 0 Å². The third-order valence-electron chi connectivity index (χ3n) is 3.66. The highest BCUT2D eigenvalue weighted by Gasteiger charge is 2.33. The Morgan fingerprint density at radius 1 is 1.50 bits per heavy atom. The predicted molar refractivity (Wildman–Crippen MR) is 80.0 cm³/mol. The van der Waals surface area contributed by atoms with E-state index in [9.17, 15) is 9.90 Å². The molecule has 1 N–H and O–H groups in total. The van der Waals surface area contributed by atoms with Gasteiger partial charge in [-0.25, -0.2) is 9.78 Å². The summed E-state index contributed by atoms with van der Waals surface area (Å²) in [5.41, 5.74) is 0.379. The smallest absolute Gasteiger partial charge is 0.347 e. The minimum atomic E-state index is -0.900. The fourth-order valence-electron chi connectivity index (χ4n) is 2.48. The van der Waals surface area contributed by atoms with Gasteiger partial charge in [0.15, 0.2) is 5.13 Å². The lowest BCUT2D eigenvalue weighted by Gasteiger charge is -2.26. The maximum Gasteiger partial charge on any atom is 0.347 e. The second-order valence-electron chi connectivity index (χ2n) is 6.27. The van der Waals surface area contributed by atoms with Gasteiger partial charge in [-0.1, -0.05) is 32.1 Å². The summed E-state index contributed by atoms with van der Waals surface area (Å²) in [5, 5.41) is 10.1. The SMILES string of the molecule is CC1OCCC1N(C)c1nc(C(C)(C)C)c(C(=O)O)s1. The Morgan fingerprint density at radius 2 is 2.15 bits per heavy atom. The molecule has 2 heterocycles. The Labute approximate surface area is 123 Å². The van der Waals surface area contributed by atoms with Gasteiger partial charge >= 0.3 is 5.97 Å². The number of likely N-dealkylation sites (N-methyl/N-ethyl adjacent to an activating group) is 1. The molecule has 6 heteroatoms. The molecule has 1 aliphatic heterocycles. The summed E-state index contributed by atoms with van der Waals surface area (Å²) in [7, 11) is 1.97. The van der Waals surface area contributed by atoms with Crippen molar-refractivity contribution in [1.82, 2.24) is 4.98 Å². The van der Waals surface area contributed by atoms with E-state index in [1.807, 2.05) is 34.7 Å². The van der Waals surface area contributed by atoms with Gasteiger partial charge in [0, 0.05) is 19.1 Å². The van der Waals surface area contributed by atoms with E-state index in [-0.39, 0.29) is 17.6 Å². The van der Waals surface area contributed by atoms with E-state index >= 15 is 0 Å². The van der Waals surface area contributed by atoms with Gasteiger partial charge in [0.2, 0.25) is 0 Å². The second kappa shape index (κ2) is 5.33. The number of ether oxygens (including phenoxy) is 1. The molecule has 0 amide bonds. The molecule has 2 atom stereocenters. The van der Waals surface area contributed by atoms with Crippen LogP contribution in [0.1, 0.15) is 49.5 Å². The summed E-state index contributed by atoms with van der Waals surface area (Å²) >= 11 is 1.25. The number of nitrogens with zero attached hydrogens (tertiary/aromatic N) is 2. The van der Waals surface area contributed by atoms with Gasteiger partial charge < -0.3 is 14.7 Å². The number of aromatic nitrogens is 1. The Kier molecular flexibility index (Phi) is 4.07. The Balaban J connectivity index is 2.36. The van der Waals surface area contributed by atoms with Crippen molar-refractivity contribution in [3.05, 3.63) is 10.6 Å². The van der Waals surface area contributed by atoms with Crippen molar-refractivity contribution in [3.63, 3.8) is 0 Å². The lowest BCUT2D eigenvalue weighted by Crippen LogP contribution is -2.36. The molecule has 20 heavy (non-hydrogen) atoms. The molecule has 0 aromatic carbocycles. The predicted octanol–water partition coefficient (Wildman–Crippen LogP) is 2.75. The lowest BCUT2D eigenvalue weighted by atomic mass is 9.91. The highest BCUT2D eigenvalue weighted by Crippen LogP contribution is 2.35. The molecule has 0 bridgehead atoms. The van der Waals surface area contributed by atoms with Gasteiger partial charge in [-0.3, -0.25) is 0 Å². The Hall–Kier alpha value is -1.14. The summed E-state index contributed by atoms with van der Waals surface area (Å²) in [5.74, 6) is -0.900. The molecular weight excluding hydrogens is 276 g/mol. The van der Waals surface area contributed by atoms with Crippen molar-refractivity contribution in [2.75, 3.05) is 18.6 Å². The van der Waals surface area contributed by atoms with Gasteiger partial charge in [-0.15, -0.1) is 0 Å². The first-order valence-corrected chi connectivity index (χ1v) is 7.62. The van der Waals surface area contributed by atoms with Gasteiger partial charge in [0.25, 0.3) is 0 Å². The molecule has 2 unspecified atom stereocenters. The number of carboxylic acids is 1. The zero-order chi connectivity index (χ0) is 15.1. The van der Waals surface area contributed by atoms with Crippen molar-refractivity contribution in [2.45, 2.75) is 51.7 Å². The number of anilines is 1. The first-order valence-electron chi connectivity index (χ1n) is 6.81. The van der Waals surface area contributed by atoms with E-state index < -0.39 is 5.97 Å². The summed E-state index contributed by atoms with van der Waals surface area (Å²) in [6.45, 7) is 8.75. The maximum absolute atomic E-state index is 11.4. The highest BCUT2D eigenvalue weighted by molar-refractivity contribution is 7.17. The van der Waals surface area contributed by atoms with E-state index in [0.29, 0.717) is 10.6 Å². The van der Waals surface area contributed by atoms with Crippen LogP contribution < -0.4 is 4.90 Å². The van der Waals surface area contributed by atoms with Gasteiger partial charge in [-0.2, -0.15) is 0 Å². The molecule has 1 aromatic rings. The van der Waals surface area contributed by atoms with Crippen LogP contribution in [0.2, 0.25) is 0 Å². The molecular formula is C14H22N2O3S. The molecule has 1 aliphatic rings. The molecule has 2 rings (SSSR count). The van der Waals surface area contributed by atoms with Crippen LogP contribution in [0.15, 0.2) is 0 Å². The minimum absolute atomic E-state index is 0.148. The average molecular weight is 298 g/mol. The zero-order valence-electron chi connectivity index (χ0n) is 12.6. The van der Waals surface area contributed by atoms with Gasteiger partial charge in [0.05, 0.1) is 17.8 Å². The number of rotatable bonds is 3. The molecule has 1 fully saturated rings. The van der Waals surface area contributed by atoms with Gasteiger partial charge in [0.1, 0.15) is 4.88 Å². The van der Waals surface area contributed by atoms with Crippen LogP contribution in [0.4, 0.5) is 5.13 Å². The lowest BCUT2D eigenvalue weighted by molar-refractivity contribution is 0.0699. The summed E-state index contributed by atoms with van der Waals surface area (Å²) in [6, 6.07) is 0.260. The van der Waals surface area contributed by atoms with Crippen LogP contribution in [0.25, 0.3) is 0 Å². The highest BCUT2D eigenvalue weighted by atomic mass is 32.1. The van der Waals surface area contributed by atoms with Crippen LogP contribution in [0, 0.1) is 0 Å². The number of aromatic carboxylic acids is 1. The molecule has 112 valence electrons. The maximum atomic E-state index is 11.4. The van der Waals surface area contributed by atoms with Crippen molar-refractivity contribution < 1.29 is 14.6 Å². The fraction of sp³-hybridized carbons (Fsp3) is 0.714. The Morgan fingerprint density at radius 3 is 2.55 bits per heavy atom. The van der Waals surface area contributed by atoms with Crippen LogP contribution in [-0.2, 0) is 10.2 Å². The van der Waals surface area contributed by atoms with E-state index in [1.165, 1.54) is 11.3 Å². The van der Waals surface area contributed by atoms with Gasteiger partial charge in [-0.05, 0) is 13.3 Å². The quantitative estimate of drug-likeness (QED) is 0.929. The molecule has 5 nitrogen and oxygen atoms in total. The van der Waals surface area contributed by atoms with E-state index in [1.54, 1.807) is 0 Å². The van der Waals surface area contributed by atoms with Crippen LogP contribution >= 0.6 is 11.3 Å². The molecule has 1 saturated heterocycles. The van der Waals surface area contributed by atoms with E-state index in [0.717, 1.165) is 18.2 Å². The van der Waals surface area contributed by atoms with Crippen molar-refractivity contribution in [3.8, 4) is 0 Å². The Bertz CT molecular complexity index is 507. The second-order valence-corrected chi connectivity index (χ2v) is 7.25. The fourth-order valence-corrected chi connectivity index (χ4v) is 3.62. The largest absolute Gasteiger partial charge is 0.477 e. The monoisotopic (exact) mass is 298 g/mol. The van der Waals surface area contributed by atoms with E-state index in [2.05, 4.69) is 9.88 Å². The summed E-state index contributed by atoms with van der Waals surface area (Å²) < 4.78 is 5.58. The topological polar surface area (TPSA) is 62.7 Å². The zero-order valence-corrected chi connectivity index (χ0v) is 13.5. The first kappa shape index (κ1) is 15.3. The average Bonchev–Trinajstić information content (AvgIpc) is 2.92. The van der Waals surface area contributed by atoms with E-state index in [4.69, 9.17) is 4.74 Å². The minimum Gasteiger partial charge on any atom is -0.477 e. The third-order valence-corrected chi connectivity index (χ3v) is 4.79. The van der Waals surface area contributed by atoms with Crippen molar-refractivity contribution >= 4 is 22.4 Å². The molecule has 0 spiro atoms. The molecule has 0 saturated carbocycles. The standard InChI is InChI=1S/C14H22N2O3S/c1-8-9(6-7-19-8)16(5)13-15-11(14(2,3)4)10(20-13)12(17)18/h8-9H,6-7H2,1-5H3,(H,17,18).